The molecule has 2 heterocycles. The first-order chi connectivity index (χ1) is 15.3. The summed E-state index contributed by atoms with van der Waals surface area (Å²) in [6.45, 7) is 5.40. The van der Waals surface area contributed by atoms with Gasteiger partial charge in [-0.25, -0.2) is 13.1 Å². The number of thiophene rings is 1. The van der Waals surface area contributed by atoms with E-state index in [0.29, 0.717) is 42.8 Å². The number of thiazole rings is 1. The summed E-state index contributed by atoms with van der Waals surface area (Å²) in [4.78, 5) is 16.6. The van der Waals surface area contributed by atoms with Gasteiger partial charge in [-0.05, 0) is 43.5 Å². The molecule has 0 saturated heterocycles. The zero-order chi connectivity index (χ0) is 23.1. The number of aromatic amines is 1. The van der Waals surface area contributed by atoms with Crippen molar-refractivity contribution >= 4 is 42.9 Å². The number of hydrogen-bond donors (Lipinski definition) is 4. The van der Waals surface area contributed by atoms with Gasteiger partial charge < -0.3 is 14.8 Å². The first-order valence-electron chi connectivity index (χ1n) is 10.5. The molecule has 0 bridgehead atoms. The third-order valence-electron chi connectivity index (χ3n) is 4.99. The molecule has 1 unspecified atom stereocenters. The van der Waals surface area contributed by atoms with E-state index >= 15 is 0 Å². The summed E-state index contributed by atoms with van der Waals surface area (Å²) in [5.74, 6) is 0.0287. The van der Waals surface area contributed by atoms with Gasteiger partial charge >= 0.3 is 4.87 Å². The number of sulfonamides is 1. The molecule has 4 N–H and O–H groups in total. The maximum absolute atomic E-state index is 12.6. The molecule has 11 heteroatoms. The van der Waals surface area contributed by atoms with Gasteiger partial charge in [-0.15, -0.1) is 11.3 Å². The lowest BCUT2D eigenvalue weighted by molar-refractivity contribution is 0.143. The zero-order valence-electron chi connectivity index (χ0n) is 18.1. The number of H-pyrrole nitrogens is 1. The lowest BCUT2D eigenvalue weighted by Gasteiger charge is -2.18. The Morgan fingerprint density at radius 1 is 1.12 bits per heavy atom. The summed E-state index contributed by atoms with van der Waals surface area (Å²) in [5, 5.41) is 12.2. The van der Waals surface area contributed by atoms with Crippen molar-refractivity contribution in [2.45, 2.75) is 38.5 Å². The number of nitrogens with one attached hydrogen (secondary N) is 3. The molecule has 1 aromatic carbocycles. The molecule has 1 atom stereocenters. The van der Waals surface area contributed by atoms with E-state index < -0.39 is 15.4 Å². The van der Waals surface area contributed by atoms with Crippen LogP contribution in [0, 0.1) is 6.92 Å². The molecule has 0 aliphatic rings. The van der Waals surface area contributed by atoms with E-state index in [1.807, 2.05) is 6.92 Å². The Labute approximate surface area is 195 Å². The van der Waals surface area contributed by atoms with Gasteiger partial charge in [0.25, 0.3) is 0 Å². The van der Waals surface area contributed by atoms with Crippen molar-refractivity contribution < 1.29 is 18.3 Å². The molecule has 0 amide bonds. The van der Waals surface area contributed by atoms with Crippen molar-refractivity contribution in [2.75, 3.05) is 26.3 Å². The molecule has 32 heavy (non-hydrogen) atoms. The third kappa shape index (κ3) is 6.63. The maximum Gasteiger partial charge on any atom is 0.305 e. The van der Waals surface area contributed by atoms with Gasteiger partial charge in [0, 0.05) is 29.3 Å². The normalized spacial score (nSPS) is 13.1. The fraction of sp³-hybridized carbons (Fsp3) is 0.476. The second kappa shape index (κ2) is 11.4. The highest BCUT2D eigenvalue weighted by atomic mass is 32.2. The number of phenols is 1. The van der Waals surface area contributed by atoms with E-state index in [9.17, 15) is 18.3 Å². The summed E-state index contributed by atoms with van der Waals surface area (Å²) in [6, 6.07) is 7.46. The monoisotopic (exact) mass is 499 g/mol. The van der Waals surface area contributed by atoms with Crippen molar-refractivity contribution in [1.82, 2.24) is 15.0 Å². The summed E-state index contributed by atoms with van der Waals surface area (Å²) in [5.41, 5.74) is 1.30. The number of aromatic hydroxyl groups is 1. The molecule has 3 aromatic rings. The van der Waals surface area contributed by atoms with Gasteiger partial charge in [0.1, 0.15) is 16.6 Å². The standard InChI is InChI=1S/C21H29N3O5S3/c1-3-18(22-10-8-15-5-7-17(25)19-20(15)31-21(26)24-19)32(27,28)23-11-13-29-12-9-16-6-4-14(2)30-16/h4-7,18,22-23,25H,3,8-13H2,1-2H3,(H,24,26). The summed E-state index contributed by atoms with van der Waals surface area (Å²) in [7, 11) is -3.54. The highest BCUT2D eigenvalue weighted by Crippen LogP contribution is 2.27. The maximum atomic E-state index is 12.6. The van der Waals surface area contributed by atoms with E-state index in [-0.39, 0.29) is 17.2 Å². The second-order valence-corrected chi connectivity index (χ2v) is 11.7. The van der Waals surface area contributed by atoms with Crippen molar-refractivity contribution in [2.24, 2.45) is 0 Å². The number of ether oxygens (including phenoxy) is 1. The lowest BCUT2D eigenvalue weighted by Crippen LogP contribution is -2.45. The van der Waals surface area contributed by atoms with Crippen LogP contribution in [0.2, 0.25) is 0 Å². The molecular formula is C21H29N3O5S3. The summed E-state index contributed by atoms with van der Waals surface area (Å²) < 4.78 is 34.1. The zero-order valence-corrected chi connectivity index (χ0v) is 20.6. The number of benzene rings is 1. The van der Waals surface area contributed by atoms with Crippen molar-refractivity contribution in [3.8, 4) is 5.75 Å². The van der Waals surface area contributed by atoms with Crippen LogP contribution in [-0.2, 0) is 27.6 Å². The molecule has 2 aromatic heterocycles. The van der Waals surface area contributed by atoms with E-state index in [4.69, 9.17) is 4.74 Å². The van der Waals surface area contributed by atoms with Gasteiger partial charge in [-0.1, -0.05) is 24.3 Å². The van der Waals surface area contributed by atoms with Crippen molar-refractivity contribution in [3.05, 3.63) is 49.3 Å². The van der Waals surface area contributed by atoms with E-state index in [0.717, 1.165) is 23.3 Å². The Bertz CT molecular complexity index is 1180. The molecule has 0 spiro atoms. The van der Waals surface area contributed by atoms with Crippen LogP contribution in [-0.4, -0.2) is 50.2 Å². The van der Waals surface area contributed by atoms with Crippen LogP contribution in [0.4, 0.5) is 0 Å². The van der Waals surface area contributed by atoms with Gasteiger partial charge in [0.2, 0.25) is 10.0 Å². The minimum absolute atomic E-state index is 0.0287. The van der Waals surface area contributed by atoms with Gasteiger partial charge in [0.05, 0.1) is 17.9 Å². The van der Waals surface area contributed by atoms with Crippen LogP contribution in [0.5, 0.6) is 5.75 Å². The second-order valence-electron chi connectivity index (χ2n) is 7.38. The molecule has 3 rings (SSSR count). The van der Waals surface area contributed by atoms with Crippen LogP contribution in [0.1, 0.15) is 28.7 Å². The Morgan fingerprint density at radius 2 is 1.94 bits per heavy atom. The topological polar surface area (TPSA) is 121 Å². The lowest BCUT2D eigenvalue weighted by atomic mass is 10.1. The molecule has 8 nitrogen and oxygen atoms in total. The fourth-order valence-electron chi connectivity index (χ4n) is 3.36. The number of hydrogen-bond acceptors (Lipinski definition) is 8. The molecule has 0 saturated carbocycles. The van der Waals surface area contributed by atoms with E-state index in [2.05, 4.69) is 34.1 Å². The number of rotatable bonds is 13. The SMILES string of the molecule is CCC(NCCc1ccc(O)c2[nH]c(=O)sc12)S(=O)(=O)NCCOCCc1ccc(C)s1. The molecule has 176 valence electrons. The first kappa shape index (κ1) is 24.9. The Kier molecular flexibility index (Phi) is 8.86. The summed E-state index contributed by atoms with van der Waals surface area (Å²) in [6.07, 6.45) is 1.77. The Balaban J connectivity index is 1.43. The average molecular weight is 500 g/mol. The average Bonchev–Trinajstić information content (AvgIpc) is 3.35. The molecule has 0 fully saturated rings. The van der Waals surface area contributed by atoms with Crippen LogP contribution < -0.4 is 14.9 Å². The number of aromatic nitrogens is 1. The van der Waals surface area contributed by atoms with Gasteiger partial charge in [-0.2, -0.15) is 0 Å². The Hall–Kier alpha value is -1.76. The molecular weight excluding hydrogens is 470 g/mol. The molecule has 0 radical (unpaired) electrons. The van der Waals surface area contributed by atoms with Crippen LogP contribution in [0.3, 0.4) is 0 Å². The minimum Gasteiger partial charge on any atom is -0.506 e. The minimum atomic E-state index is -3.54. The smallest absolute Gasteiger partial charge is 0.305 e. The first-order valence-corrected chi connectivity index (χ1v) is 13.7. The van der Waals surface area contributed by atoms with Crippen LogP contribution in [0.15, 0.2) is 29.1 Å². The Morgan fingerprint density at radius 3 is 2.66 bits per heavy atom. The van der Waals surface area contributed by atoms with Gasteiger partial charge in [0.15, 0.2) is 0 Å². The predicted molar refractivity (Wildman–Crippen MR) is 130 cm³/mol. The molecule has 0 aliphatic heterocycles. The van der Waals surface area contributed by atoms with Crippen molar-refractivity contribution in [1.29, 1.82) is 0 Å². The van der Waals surface area contributed by atoms with E-state index in [1.165, 1.54) is 15.8 Å². The third-order valence-corrected chi connectivity index (χ3v) is 8.86. The molecule has 0 aliphatic carbocycles. The number of fused-ring (bicyclic) bond motifs is 1. The van der Waals surface area contributed by atoms with Crippen molar-refractivity contribution in [3.63, 3.8) is 0 Å². The van der Waals surface area contributed by atoms with Gasteiger partial charge in [-0.3, -0.25) is 10.1 Å². The highest BCUT2D eigenvalue weighted by molar-refractivity contribution is 7.90. The van der Waals surface area contributed by atoms with Crippen LogP contribution in [0.25, 0.3) is 10.2 Å². The fourth-order valence-corrected chi connectivity index (χ4v) is 6.48. The largest absolute Gasteiger partial charge is 0.506 e. The quantitative estimate of drug-likeness (QED) is 0.268. The number of phenolic OH excluding ortho intramolecular Hbond substituents is 1. The van der Waals surface area contributed by atoms with Crippen LogP contribution >= 0.6 is 22.7 Å². The highest BCUT2D eigenvalue weighted by Gasteiger charge is 2.22. The number of aryl methyl sites for hydroxylation is 1. The van der Waals surface area contributed by atoms with E-state index in [1.54, 1.807) is 17.4 Å². The summed E-state index contributed by atoms with van der Waals surface area (Å²) >= 11 is 2.78. The predicted octanol–water partition coefficient (Wildman–Crippen LogP) is 2.71.